The lowest BCUT2D eigenvalue weighted by Gasteiger charge is -2.15. The Morgan fingerprint density at radius 3 is 2.18 bits per heavy atom. The largest absolute Gasteiger partial charge is 0.497 e. The standard InChI is InChI=1S/C12H15NO4/c1-8(14)13-11(12(15)17-3)9-4-6-10(16-2)7-5-9/h4-7,11H,1-3H3,(H,13,14). The van der Waals surface area contributed by atoms with Gasteiger partial charge in [0.25, 0.3) is 0 Å². The molecule has 1 rings (SSSR count). The van der Waals surface area contributed by atoms with Crippen LogP contribution in [0.4, 0.5) is 0 Å². The molecule has 5 nitrogen and oxygen atoms in total. The van der Waals surface area contributed by atoms with E-state index in [0.717, 1.165) is 0 Å². The molecule has 1 unspecified atom stereocenters. The van der Waals surface area contributed by atoms with Crippen molar-refractivity contribution in [3.63, 3.8) is 0 Å². The first kappa shape index (κ1) is 13.0. The van der Waals surface area contributed by atoms with Gasteiger partial charge >= 0.3 is 5.97 Å². The molecule has 0 heterocycles. The number of hydrogen-bond acceptors (Lipinski definition) is 4. The third-order valence-electron chi connectivity index (χ3n) is 2.23. The second kappa shape index (κ2) is 5.89. The van der Waals surface area contributed by atoms with E-state index in [0.29, 0.717) is 11.3 Å². The minimum atomic E-state index is -0.789. The molecule has 0 radical (unpaired) electrons. The van der Waals surface area contributed by atoms with Crippen LogP contribution >= 0.6 is 0 Å². The molecule has 0 saturated carbocycles. The van der Waals surface area contributed by atoms with E-state index >= 15 is 0 Å². The van der Waals surface area contributed by atoms with Crippen molar-refractivity contribution in [2.75, 3.05) is 14.2 Å². The van der Waals surface area contributed by atoms with Crippen molar-refractivity contribution in [3.8, 4) is 5.75 Å². The summed E-state index contributed by atoms with van der Waals surface area (Å²) < 4.78 is 9.65. The quantitative estimate of drug-likeness (QED) is 0.795. The fourth-order valence-corrected chi connectivity index (χ4v) is 1.40. The summed E-state index contributed by atoms with van der Waals surface area (Å²) in [4.78, 5) is 22.6. The number of methoxy groups -OCH3 is 2. The van der Waals surface area contributed by atoms with E-state index in [1.807, 2.05) is 0 Å². The molecule has 0 saturated heterocycles. The number of carbonyl (C=O) groups excluding carboxylic acids is 2. The molecule has 1 N–H and O–H groups in total. The fourth-order valence-electron chi connectivity index (χ4n) is 1.40. The zero-order valence-corrected chi connectivity index (χ0v) is 10.0. The molecule has 1 atom stereocenters. The maximum Gasteiger partial charge on any atom is 0.333 e. The number of ether oxygens (including phenoxy) is 2. The van der Waals surface area contributed by atoms with Crippen LogP contribution in [0.15, 0.2) is 24.3 Å². The van der Waals surface area contributed by atoms with Crippen LogP contribution in [0.1, 0.15) is 18.5 Å². The fraction of sp³-hybridized carbons (Fsp3) is 0.333. The van der Waals surface area contributed by atoms with E-state index in [9.17, 15) is 9.59 Å². The lowest BCUT2D eigenvalue weighted by atomic mass is 10.1. The van der Waals surface area contributed by atoms with Gasteiger partial charge in [0.1, 0.15) is 5.75 Å². The van der Waals surface area contributed by atoms with Crippen molar-refractivity contribution in [2.24, 2.45) is 0 Å². The molecule has 0 spiro atoms. The van der Waals surface area contributed by atoms with Crippen LogP contribution < -0.4 is 10.1 Å². The highest BCUT2D eigenvalue weighted by atomic mass is 16.5. The van der Waals surface area contributed by atoms with Crippen molar-refractivity contribution in [1.82, 2.24) is 5.32 Å². The first-order chi connectivity index (χ1) is 8.08. The summed E-state index contributed by atoms with van der Waals surface area (Å²) in [6.45, 7) is 1.35. The van der Waals surface area contributed by atoms with Gasteiger partial charge in [-0.15, -0.1) is 0 Å². The number of rotatable bonds is 4. The predicted octanol–water partition coefficient (Wildman–Crippen LogP) is 1.05. The van der Waals surface area contributed by atoms with Crippen molar-refractivity contribution >= 4 is 11.9 Å². The summed E-state index contributed by atoms with van der Waals surface area (Å²) in [6.07, 6.45) is 0. The minimum absolute atomic E-state index is 0.295. The van der Waals surface area contributed by atoms with Gasteiger partial charge in [-0.25, -0.2) is 4.79 Å². The van der Waals surface area contributed by atoms with Crippen molar-refractivity contribution in [3.05, 3.63) is 29.8 Å². The highest BCUT2D eigenvalue weighted by Gasteiger charge is 2.22. The highest BCUT2D eigenvalue weighted by Crippen LogP contribution is 2.18. The number of amides is 1. The van der Waals surface area contributed by atoms with E-state index in [4.69, 9.17) is 4.74 Å². The van der Waals surface area contributed by atoms with Crippen LogP contribution in [0.2, 0.25) is 0 Å². The maximum absolute atomic E-state index is 11.5. The van der Waals surface area contributed by atoms with Gasteiger partial charge in [0.15, 0.2) is 6.04 Å². The van der Waals surface area contributed by atoms with Gasteiger partial charge in [-0.3, -0.25) is 4.79 Å². The van der Waals surface area contributed by atoms with Crippen LogP contribution in [0.3, 0.4) is 0 Å². The van der Waals surface area contributed by atoms with Crippen LogP contribution in [0.5, 0.6) is 5.75 Å². The number of esters is 1. The van der Waals surface area contributed by atoms with E-state index in [-0.39, 0.29) is 5.91 Å². The van der Waals surface area contributed by atoms with Crippen LogP contribution in [0.25, 0.3) is 0 Å². The second-order valence-electron chi connectivity index (χ2n) is 3.43. The van der Waals surface area contributed by atoms with E-state index in [2.05, 4.69) is 10.1 Å². The minimum Gasteiger partial charge on any atom is -0.497 e. The Labute approximate surface area is 99.7 Å². The first-order valence-corrected chi connectivity index (χ1v) is 5.07. The molecular weight excluding hydrogens is 222 g/mol. The average Bonchev–Trinajstić information content (AvgIpc) is 2.35. The van der Waals surface area contributed by atoms with Crippen molar-refractivity contribution in [1.29, 1.82) is 0 Å². The Morgan fingerprint density at radius 2 is 1.76 bits per heavy atom. The topological polar surface area (TPSA) is 64.6 Å². The first-order valence-electron chi connectivity index (χ1n) is 5.07. The molecule has 0 aromatic heterocycles. The number of benzene rings is 1. The second-order valence-corrected chi connectivity index (χ2v) is 3.43. The van der Waals surface area contributed by atoms with E-state index in [1.165, 1.54) is 14.0 Å². The molecule has 1 aromatic rings. The summed E-state index contributed by atoms with van der Waals surface area (Å²) in [5, 5.41) is 2.53. The van der Waals surface area contributed by atoms with Crippen LogP contribution in [-0.4, -0.2) is 26.1 Å². The van der Waals surface area contributed by atoms with Gasteiger partial charge in [0, 0.05) is 6.92 Å². The molecule has 0 aliphatic carbocycles. The number of nitrogens with one attached hydrogen (secondary N) is 1. The molecule has 0 fully saturated rings. The third kappa shape index (κ3) is 3.48. The zero-order valence-electron chi connectivity index (χ0n) is 10.0. The summed E-state index contributed by atoms with van der Waals surface area (Å²) in [7, 11) is 2.83. The molecule has 5 heteroatoms. The SMILES string of the molecule is COC(=O)C(NC(C)=O)c1ccc(OC)cc1. The molecular formula is C12H15NO4. The van der Waals surface area contributed by atoms with Gasteiger partial charge in [-0.05, 0) is 17.7 Å². The summed E-state index contributed by atoms with van der Waals surface area (Å²) in [5.41, 5.74) is 0.646. The van der Waals surface area contributed by atoms with Gasteiger partial charge in [0.2, 0.25) is 5.91 Å². The van der Waals surface area contributed by atoms with Crippen molar-refractivity contribution < 1.29 is 19.1 Å². The van der Waals surface area contributed by atoms with Gasteiger partial charge in [-0.1, -0.05) is 12.1 Å². The molecule has 92 valence electrons. The third-order valence-corrected chi connectivity index (χ3v) is 2.23. The monoisotopic (exact) mass is 237 g/mol. The number of hydrogen-bond donors (Lipinski definition) is 1. The van der Waals surface area contributed by atoms with Crippen molar-refractivity contribution in [2.45, 2.75) is 13.0 Å². The van der Waals surface area contributed by atoms with Crippen LogP contribution in [0, 0.1) is 0 Å². The zero-order chi connectivity index (χ0) is 12.8. The van der Waals surface area contributed by atoms with E-state index in [1.54, 1.807) is 31.4 Å². The maximum atomic E-state index is 11.5. The Morgan fingerprint density at radius 1 is 1.18 bits per heavy atom. The molecule has 0 bridgehead atoms. The Hall–Kier alpha value is -2.04. The van der Waals surface area contributed by atoms with Gasteiger partial charge in [0.05, 0.1) is 14.2 Å². The van der Waals surface area contributed by atoms with Gasteiger partial charge in [-0.2, -0.15) is 0 Å². The summed E-state index contributed by atoms with van der Waals surface area (Å²) >= 11 is 0. The molecule has 0 aliphatic rings. The number of carbonyl (C=O) groups is 2. The van der Waals surface area contributed by atoms with E-state index < -0.39 is 12.0 Å². The lowest BCUT2D eigenvalue weighted by molar-refractivity contribution is -0.145. The molecule has 1 aromatic carbocycles. The highest BCUT2D eigenvalue weighted by molar-refractivity contribution is 5.84. The molecule has 0 aliphatic heterocycles. The normalized spacial score (nSPS) is 11.5. The summed E-state index contributed by atoms with van der Waals surface area (Å²) in [5.74, 6) is -0.123. The molecule has 1 amide bonds. The summed E-state index contributed by atoms with van der Waals surface area (Å²) in [6, 6.07) is 6.05. The van der Waals surface area contributed by atoms with Crippen LogP contribution in [-0.2, 0) is 14.3 Å². The Kier molecular flexibility index (Phi) is 4.51. The lowest BCUT2D eigenvalue weighted by Crippen LogP contribution is -2.32. The smallest absolute Gasteiger partial charge is 0.333 e. The predicted molar refractivity (Wildman–Crippen MR) is 61.6 cm³/mol. The Balaban J connectivity index is 2.95. The van der Waals surface area contributed by atoms with Gasteiger partial charge < -0.3 is 14.8 Å². The molecule has 17 heavy (non-hydrogen) atoms. The average molecular weight is 237 g/mol. The Bertz CT molecular complexity index is 399.